The normalized spacial score (nSPS) is 10.1. The number of hydrogen-bond donors (Lipinski definition) is 2. The van der Waals surface area contributed by atoms with E-state index in [1.54, 1.807) is 24.3 Å². The summed E-state index contributed by atoms with van der Waals surface area (Å²) in [5.41, 5.74) is 1.64. The van der Waals surface area contributed by atoms with Gasteiger partial charge in [-0.3, -0.25) is 4.79 Å². The number of halogens is 1. The van der Waals surface area contributed by atoms with Gasteiger partial charge >= 0.3 is 0 Å². The molecule has 4 nitrogen and oxygen atoms in total. The summed E-state index contributed by atoms with van der Waals surface area (Å²) in [5.74, 6) is -0.444. The van der Waals surface area contributed by atoms with Crippen LogP contribution in [0.3, 0.4) is 0 Å². The first-order valence-electron chi connectivity index (χ1n) is 5.29. The third-order valence-corrected chi connectivity index (χ3v) is 2.61. The fourth-order valence-electron chi connectivity index (χ4n) is 1.48. The second-order valence-electron chi connectivity index (χ2n) is 3.84. The molecule has 5 heteroatoms. The number of nitrogens with zero attached hydrogens (tertiary/aromatic N) is 1. The zero-order valence-electron chi connectivity index (χ0n) is 9.64. The molecule has 92 valence electrons. The third kappa shape index (κ3) is 2.78. The molecular weight excluding hydrogens is 252 g/mol. The lowest BCUT2D eigenvalue weighted by Crippen LogP contribution is -2.12. The van der Waals surface area contributed by atoms with E-state index in [9.17, 15) is 9.90 Å². The number of anilines is 1. The molecule has 1 heterocycles. The van der Waals surface area contributed by atoms with Crippen LogP contribution in [0.5, 0.6) is 5.75 Å². The highest BCUT2D eigenvalue weighted by Gasteiger charge is 2.11. The van der Waals surface area contributed by atoms with E-state index in [2.05, 4.69) is 10.3 Å². The minimum atomic E-state index is -0.389. The van der Waals surface area contributed by atoms with Gasteiger partial charge in [-0.2, -0.15) is 0 Å². The van der Waals surface area contributed by atoms with Crippen LogP contribution in [0.2, 0.25) is 5.15 Å². The largest absolute Gasteiger partial charge is 0.507 e. The highest BCUT2D eigenvalue weighted by Crippen LogP contribution is 2.20. The molecule has 0 bridgehead atoms. The van der Waals surface area contributed by atoms with Gasteiger partial charge in [0.1, 0.15) is 10.9 Å². The molecule has 0 fully saturated rings. The fourth-order valence-corrected chi connectivity index (χ4v) is 1.59. The summed E-state index contributed by atoms with van der Waals surface area (Å²) in [6.07, 6.45) is 1.45. The average Bonchev–Trinajstić information content (AvgIpc) is 2.35. The predicted octanol–water partition coefficient (Wildman–Crippen LogP) is 3.00. The maximum atomic E-state index is 11.9. The molecule has 0 aliphatic rings. The molecule has 2 aromatic rings. The van der Waals surface area contributed by atoms with Gasteiger partial charge < -0.3 is 10.4 Å². The van der Waals surface area contributed by atoms with Crippen molar-refractivity contribution in [2.75, 3.05) is 5.32 Å². The molecule has 0 aliphatic carbocycles. The molecule has 0 saturated carbocycles. The SMILES string of the molecule is Cc1ccc(O)c(C(=O)Nc2ccc(Cl)nc2)c1. The maximum absolute atomic E-state index is 11.9. The average molecular weight is 263 g/mol. The van der Waals surface area contributed by atoms with Crippen molar-refractivity contribution in [2.45, 2.75) is 6.92 Å². The van der Waals surface area contributed by atoms with Crippen molar-refractivity contribution >= 4 is 23.2 Å². The van der Waals surface area contributed by atoms with Gasteiger partial charge in [-0.05, 0) is 31.2 Å². The Morgan fingerprint density at radius 3 is 2.78 bits per heavy atom. The van der Waals surface area contributed by atoms with Crippen molar-refractivity contribution in [2.24, 2.45) is 0 Å². The van der Waals surface area contributed by atoms with Crippen LogP contribution in [0, 0.1) is 6.92 Å². The molecule has 1 aromatic carbocycles. The van der Waals surface area contributed by atoms with E-state index in [4.69, 9.17) is 11.6 Å². The zero-order chi connectivity index (χ0) is 13.1. The molecule has 0 radical (unpaired) electrons. The molecule has 0 atom stereocenters. The Morgan fingerprint density at radius 2 is 2.11 bits per heavy atom. The monoisotopic (exact) mass is 262 g/mol. The van der Waals surface area contributed by atoms with E-state index in [-0.39, 0.29) is 17.2 Å². The van der Waals surface area contributed by atoms with Crippen molar-refractivity contribution in [3.05, 3.63) is 52.8 Å². The van der Waals surface area contributed by atoms with Gasteiger partial charge in [-0.15, -0.1) is 0 Å². The van der Waals surface area contributed by atoms with E-state index in [1.807, 2.05) is 6.92 Å². The number of pyridine rings is 1. The van der Waals surface area contributed by atoms with Crippen LogP contribution in [-0.2, 0) is 0 Å². The van der Waals surface area contributed by atoms with Crippen molar-refractivity contribution in [3.8, 4) is 5.75 Å². The molecule has 0 unspecified atom stereocenters. The molecule has 2 rings (SSSR count). The van der Waals surface area contributed by atoms with E-state index in [0.29, 0.717) is 10.8 Å². The Morgan fingerprint density at radius 1 is 1.33 bits per heavy atom. The van der Waals surface area contributed by atoms with E-state index < -0.39 is 0 Å². The number of hydrogen-bond acceptors (Lipinski definition) is 3. The summed E-state index contributed by atoms with van der Waals surface area (Å²) in [7, 11) is 0. The minimum Gasteiger partial charge on any atom is -0.507 e. The maximum Gasteiger partial charge on any atom is 0.259 e. The number of benzene rings is 1. The Bertz CT molecular complexity index is 582. The number of carbonyl (C=O) groups excluding carboxylic acids is 1. The Labute approximate surface area is 109 Å². The lowest BCUT2D eigenvalue weighted by molar-refractivity contribution is 0.102. The number of phenols is 1. The van der Waals surface area contributed by atoms with E-state index >= 15 is 0 Å². The molecule has 0 aliphatic heterocycles. The van der Waals surface area contributed by atoms with Crippen LogP contribution in [-0.4, -0.2) is 16.0 Å². The summed E-state index contributed by atoms with van der Waals surface area (Å²) in [6, 6.07) is 8.06. The number of aromatic hydroxyl groups is 1. The second-order valence-corrected chi connectivity index (χ2v) is 4.23. The van der Waals surface area contributed by atoms with Crippen LogP contribution >= 0.6 is 11.6 Å². The second kappa shape index (κ2) is 5.06. The molecule has 1 aromatic heterocycles. The summed E-state index contributed by atoms with van der Waals surface area (Å²) < 4.78 is 0. The smallest absolute Gasteiger partial charge is 0.259 e. The Balaban J connectivity index is 2.21. The number of nitrogens with one attached hydrogen (secondary N) is 1. The molecule has 1 amide bonds. The highest BCUT2D eigenvalue weighted by atomic mass is 35.5. The first-order valence-corrected chi connectivity index (χ1v) is 5.66. The summed E-state index contributed by atoms with van der Waals surface area (Å²) in [4.78, 5) is 15.8. The van der Waals surface area contributed by atoms with Gasteiger partial charge in [0.05, 0.1) is 17.4 Å². The van der Waals surface area contributed by atoms with Crippen molar-refractivity contribution in [1.29, 1.82) is 0 Å². The van der Waals surface area contributed by atoms with Gasteiger partial charge in [0, 0.05) is 0 Å². The quantitative estimate of drug-likeness (QED) is 0.818. The van der Waals surface area contributed by atoms with Crippen molar-refractivity contribution < 1.29 is 9.90 Å². The summed E-state index contributed by atoms with van der Waals surface area (Å²) in [6.45, 7) is 1.85. The van der Waals surface area contributed by atoms with Crippen molar-refractivity contribution in [3.63, 3.8) is 0 Å². The van der Waals surface area contributed by atoms with E-state index in [1.165, 1.54) is 12.3 Å². The molecule has 0 saturated heterocycles. The van der Waals surface area contributed by atoms with Crippen LogP contribution in [0.15, 0.2) is 36.5 Å². The van der Waals surface area contributed by atoms with Crippen LogP contribution in [0.25, 0.3) is 0 Å². The number of carbonyl (C=O) groups is 1. The molecule has 2 N–H and O–H groups in total. The van der Waals surface area contributed by atoms with Crippen LogP contribution in [0.1, 0.15) is 15.9 Å². The van der Waals surface area contributed by atoms with Gasteiger partial charge in [-0.1, -0.05) is 23.2 Å². The standard InChI is InChI=1S/C13H11ClN2O2/c1-8-2-4-11(17)10(6-8)13(18)16-9-3-5-12(14)15-7-9/h2-7,17H,1H3,(H,16,18). The minimum absolute atomic E-state index is 0.0555. The first kappa shape index (κ1) is 12.4. The lowest BCUT2D eigenvalue weighted by atomic mass is 10.1. The highest BCUT2D eigenvalue weighted by molar-refractivity contribution is 6.29. The Hall–Kier alpha value is -2.07. The van der Waals surface area contributed by atoms with Gasteiger partial charge in [-0.25, -0.2) is 4.98 Å². The lowest BCUT2D eigenvalue weighted by Gasteiger charge is -2.07. The zero-order valence-corrected chi connectivity index (χ0v) is 10.4. The Kier molecular flexibility index (Phi) is 3.48. The van der Waals surface area contributed by atoms with Gasteiger partial charge in [0.25, 0.3) is 5.91 Å². The van der Waals surface area contributed by atoms with Crippen molar-refractivity contribution in [1.82, 2.24) is 4.98 Å². The number of phenolic OH excluding ortho intramolecular Hbond substituents is 1. The van der Waals surface area contributed by atoms with Crippen LogP contribution in [0.4, 0.5) is 5.69 Å². The third-order valence-electron chi connectivity index (χ3n) is 2.38. The first-order chi connectivity index (χ1) is 8.56. The number of aryl methyl sites for hydroxylation is 1. The number of aromatic nitrogens is 1. The molecule has 18 heavy (non-hydrogen) atoms. The number of rotatable bonds is 2. The van der Waals surface area contributed by atoms with Gasteiger partial charge in [0.2, 0.25) is 0 Å². The van der Waals surface area contributed by atoms with Gasteiger partial charge in [0.15, 0.2) is 0 Å². The van der Waals surface area contributed by atoms with E-state index in [0.717, 1.165) is 5.56 Å². The predicted molar refractivity (Wildman–Crippen MR) is 70.0 cm³/mol. The molecular formula is C13H11ClN2O2. The molecule has 0 spiro atoms. The summed E-state index contributed by atoms with van der Waals surface area (Å²) >= 11 is 5.65. The summed E-state index contributed by atoms with van der Waals surface area (Å²) in [5, 5.41) is 12.6. The van der Waals surface area contributed by atoms with Crippen LogP contribution < -0.4 is 5.32 Å². The fraction of sp³-hybridized carbons (Fsp3) is 0.0769. The number of amides is 1. The topological polar surface area (TPSA) is 62.2 Å².